The fourth-order valence-corrected chi connectivity index (χ4v) is 1.72. The highest BCUT2D eigenvalue weighted by molar-refractivity contribution is 5.37. The average Bonchev–Trinajstić information content (AvgIpc) is 3.02. The lowest BCUT2D eigenvalue weighted by Gasteiger charge is -2.23. The summed E-state index contributed by atoms with van der Waals surface area (Å²) in [5.74, 6) is 0. The number of ether oxygens (including phenoxy) is 1. The summed E-state index contributed by atoms with van der Waals surface area (Å²) in [6.45, 7) is 8.34. The van der Waals surface area contributed by atoms with Gasteiger partial charge in [0.15, 0.2) is 0 Å². The Hall–Kier alpha value is -0.610. The second kappa shape index (κ2) is 6.97. The van der Waals surface area contributed by atoms with E-state index in [0.717, 1.165) is 12.1 Å². The Morgan fingerprint density at radius 1 is 1.24 bits per heavy atom. The second-order valence-electron chi connectivity index (χ2n) is 5.81. The molecule has 4 nitrogen and oxygen atoms in total. The van der Waals surface area contributed by atoms with E-state index in [2.05, 4.69) is 15.4 Å². The van der Waals surface area contributed by atoms with Gasteiger partial charge < -0.3 is 15.4 Å². The third kappa shape index (κ3) is 8.16. The zero-order valence-electron chi connectivity index (χ0n) is 11.3. The van der Waals surface area contributed by atoms with Gasteiger partial charge in [0.25, 0.3) is 6.47 Å². The third-order valence-corrected chi connectivity index (χ3v) is 2.75. The van der Waals surface area contributed by atoms with Gasteiger partial charge in [0.2, 0.25) is 0 Å². The number of carbonyl (C=O) groups is 1. The molecule has 1 saturated heterocycles. The maximum Gasteiger partial charge on any atom is 0.293 e. The van der Waals surface area contributed by atoms with Gasteiger partial charge >= 0.3 is 0 Å². The number of hydrogen-bond acceptors (Lipinski definition) is 4. The summed E-state index contributed by atoms with van der Waals surface area (Å²) >= 11 is 0. The highest BCUT2D eigenvalue weighted by atomic mass is 16.5. The zero-order chi connectivity index (χ0) is 12.7. The van der Waals surface area contributed by atoms with Crippen molar-refractivity contribution in [3.8, 4) is 0 Å². The van der Waals surface area contributed by atoms with Gasteiger partial charge in [-0.15, -0.1) is 0 Å². The molecule has 1 unspecified atom stereocenters. The van der Waals surface area contributed by atoms with E-state index in [4.69, 9.17) is 0 Å². The summed E-state index contributed by atoms with van der Waals surface area (Å²) in [7, 11) is 0. The van der Waals surface area contributed by atoms with Crippen molar-refractivity contribution >= 4 is 6.47 Å². The molecule has 2 fully saturated rings. The van der Waals surface area contributed by atoms with Crippen molar-refractivity contribution in [3.05, 3.63) is 0 Å². The maximum absolute atomic E-state index is 9.60. The molecule has 0 bridgehead atoms. The van der Waals surface area contributed by atoms with Crippen LogP contribution in [0.3, 0.4) is 0 Å². The van der Waals surface area contributed by atoms with Crippen LogP contribution in [0.2, 0.25) is 0 Å². The van der Waals surface area contributed by atoms with E-state index in [1.165, 1.54) is 38.8 Å². The van der Waals surface area contributed by atoms with Crippen LogP contribution in [0, 0.1) is 0 Å². The van der Waals surface area contributed by atoms with Gasteiger partial charge in [-0.25, -0.2) is 0 Å². The molecule has 1 atom stereocenters. The van der Waals surface area contributed by atoms with Gasteiger partial charge in [-0.2, -0.15) is 0 Å². The normalized spacial score (nSPS) is 24.5. The summed E-state index contributed by atoms with van der Waals surface area (Å²) in [6.07, 6.45) is 5.56. The fourth-order valence-electron chi connectivity index (χ4n) is 1.72. The molecular formula is C13H26N2O2. The van der Waals surface area contributed by atoms with Gasteiger partial charge in [0, 0.05) is 18.6 Å². The molecule has 1 heterocycles. The largest absolute Gasteiger partial charge is 0.462 e. The summed E-state index contributed by atoms with van der Waals surface area (Å²) in [5, 5.41) is 7.04. The minimum atomic E-state index is -0.318. The number of nitrogens with one attached hydrogen (secondary N) is 2. The minimum Gasteiger partial charge on any atom is -0.462 e. The highest BCUT2D eigenvalue weighted by Crippen LogP contribution is 2.20. The molecule has 2 aliphatic rings. The first-order valence-electron chi connectivity index (χ1n) is 6.59. The van der Waals surface area contributed by atoms with Crippen LogP contribution in [-0.4, -0.2) is 37.2 Å². The second-order valence-corrected chi connectivity index (χ2v) is 5.81. The lowest BCUT2D eigenvalue weighted by Crippen LogP contribution is -2.43. The molecule has 4 heteroatoms. The Morgan fingerprint density at radius 3 is 2.29 bits per heavy atom. The molecule has 0 aromatic heterocycles. The number of hydrogen-bond donors (Lipinski definition) is 2. The van der Waals surface area contributed by atoms with E-state index in [0.29, 0.717) is 6.47 Å². The van der Waals surface area contributed by atoms with E-state index >= 15 is 0 Å². The first-order valence-corrected chi connectivity index (χ1v) is 6.59. The SMILES string of the molecule is C1CNCC(NC2CC2)C1.CC(C)(C)OC=O. The molecular weight excluding hydrogens is 216 g/mol. The molecule has 0 spiro atoms. The zero-order valence-corrected chi connectivity index (χ0v) is 11.3. The van der Waals surface area contributed by atoms with Crippen molar-refractivity contribution in [2.45, 2.75) is 64.1 Å². The molecule has 0 radical (unpaired) electrons. The molecule has 1 aliphatic heterocycles. The predicted molar refractivity (Wildman–Crippen MR) is 69.0 cm³/mol. The Labute approximate surface area is 104 Å². The van der Waals surface area contributed by atoms with E-state index in [1.807, 2.05) is 20.8 Å². The Bertz CT molecular complexity index is 216. The van der Waals surface area contributed by atoms with Crippen molar-refractivity contribution in [1.29, 1.82) is 0 Å². The van der Waals surface area contributed by atoms with Gasteiger partial charge in [-0.05, 0) is 53.0 Å². The molecule has 0 aromatic rings. The summed E-state index contributed by atoms with van der Waals surface area (Å²) in [5.41, 5.74) is -0.318. The van der Waals surface area contributed by atoms with Crippen molar-refractivity contribution in [2.24, 2.45) is 0 Å². The van der Waals surface area contributed by atoms with E-state index < -0.39 is 0 Å². The van der Waals surface area contributed by atoms with Crippen molar-refractivity contribution in [2.75, 3.05) is 13.1 Å². The van der Waals surface area contributed by atoms with E-state index in [1.54, 1.807) is 0 Å². The molecule has 2 rings (SSSR count). The van der Waals surface area contributed by atoms with Crippen LogP contribution in [0.1, 0.15) is 46.5 Å². The topological polar surface area (TPSA) is 50.4 Å². The van der Waals surface area contributed by atoms with Crippen molar-refractivity contribution < 1.29 is 9.53 Å². The van der Waals surface area contributed by atoms with E-state index in [-0.39, 0.29) is 5.60 Å². The smallest absolute Gasteiger partial charge is 0.293 e. The Balaban J connectivity index is 0.000000185. The standard InChI is InChI=1S/C8H16N2.C5H10O2/c1-2-8(6-9-5-1)10-7-3-4-7;1-5(2,3)7-4-6/h7-10H,1-6H2;4H,1-3H3. The average molecular weight is 242 g/mol. The van der Waals surface area contributed by atoms with Crippen LogP contribution >= 0.6 is 0 Å². The Kier molecular flexibility index (Phi) is 5.92. The number of carbonyl (C=O) groups excluding carboxylic acids is 1. The van der Waals surface area contributed by atoms with Crippen LogP contribution < -0.4 is 10.6 Å². The van der Waals surface area contributed by atoms with Crippen LogP contribution in [0.25, 0.3) is 0 Å². The highest BCUT2D eigenvalue weighted by Gasteiger charge is 2.24. The minimum absolute atomic E-state index is 0.318. The van der Waals surface area contributed by atoms with Crippen molar-refractivity contribution in [3.63, 3.8) is 0 Å². The first-order chi connectivity index (χ1) is 8.01. The van der Waals surface area contributed by atoms with Crippen LogP contribution in [0.4, 0.5) is 0 Å². The van der Waals surface area contributed by atoms with Gasteiger partial charge in [-0.3, -0.25) is 4.79 Å². The number of piperidine rings is 1. The summed E-state index contributed by atoms with van der Waals surface area (Å²) in [4.78, 5) is 9.60. The molecule has 1 saturated carbocycles. The quantitative estimate of drug-likeness (QED) is 0.736. The molecule has 17 heavy (non-hydrogen) atoms. The molecule has 2 N–H and O–H groups in total. The van der Waals surface area contributed by atoms with Crippen LogP contribution in [-0.2, 0) is 9.53 Å². The summed E-state index contributed by atoms with van der Waals surface area (Å²) < 4.78 is 4.55. The lowest BCUT2D eigenvalue weighted by molar-refractivity contribution is -0.138. The lowest BCUT2D eigenvalue weighted by atomic mass is 10.1. The van der Waals surface area contributed by atoms with Gasteiger partial charge in [0.05, 0.1) is 0 Å². The monoisotopic (exact) mass is 242 g/mol. The Morgan fingerprint density at radius 2 is 1.94 bits per heavy atom. The van der Waals surface area contributed by atoms with Gasteiger partial charge in [-0.1, -0.05) is 0 Å². The van der Waals surface area contributed by atoms with Crippen LogP contribution in [0.15, 0.2) is 0 Å². The predicted octanol–water partition coefficient (Wildman–Crippen LogP) is 1.45. The van der Waals surface area contributed by atoms with Gasteiger partial charge in [0.1, 0.15) is 5.60 Å². The van der Waals surface area contributed by atoms with Crippen molar-refractivity contribution in [1.82, 2.24) is 10.6 Å². The maximum atomic E-state index is 9.60. The summed E-state index contributed by atoms with van der Waals surface area (Å²) in [6, 6.07) is 1.66. The van der Waals surface area contributed by atoms with Crippen LogP contribution in [0.5, 0.6) is 0 Å². The molecule has 1 aliphatic carbocycles. The number of rotatable bonds is 3. The fraction of sp³-hybridized carbons (Fsp3) is 0.923. The van der Waals surface area contributed by atoms with E-state index in [9.17, 15) is 4.79 Å². The molecule has 100 valence electrons. The first kappa shape index (κ1) is 14.5. The molecule has 0 amide bonds. The molecule has 0 aromatic carbocycles. The third-order valence-electron chi connectivity index (χ3n) is 2.75.